The van der Waals surface area contributed by atoms with E-state index in [2.05, 4.69) is 0 Å². The predicted molar refractivity (Wildman–Crippen MR) is 67.5 cm³/mol. The fourth-order valence-corrected chi connectivity index (χ4v) is 5.35. The molecule has 4 saturated carbocycles. The van der Waals surface area contributed by atoms with Crippen molar-refractivity contribution >= 4 is 23.4 Å². The second-order valence-corrected chi connectivity index (χ2v) is 7.15. The van der Waals surface area contributed by atoms with E-state index in [9.17, 15) is 9.59 Å². The highest BCUT2D eigenvalue weighted by Crippen LogP contribution is 2.60. The lowest BCUT2D eigenvalue weighted by atomic mass is 9.48. The van der Waals surface area contributed by atoms with Crippen molar-refractivity contribution in [3.8, 4) is 0 Å². The van der Waals surface area contributed by atoms with Crippen LogP contribution in [0.4, 0.5) is 0 Å². The van der Waals surface area contributed by atoms with E-state index in [1.165, 1.54) is 19.3 Å². The maximum absolute atomic E-state index is 12.5. The van der Waals surface area contributed by atoms with E-state index in [1.807, 2.05) is 0 Å². The van der Waals surface area contributed by atoms with Crippen molar-refractivity contribution in [2.45, 2.75) is 50.3 Å². The highest BCUT2D eigenvalue weighted by molar-refractivity contribution is 6.32. The molecule has 0 amide bonds. The molecule has 0 heterocycles. The molecule has 4 heteroatoms. The summed E-state index contributed by atoms with van der Waals surface area (Å²) in [7, 11) is 0. The lowest BCUT2D eigenvalue weighted by Gasteiger charge is -2.56. The van der Waals surface area contributed by atoms with Crippen molar-refractivity contribution in [1.82, 2.24) is 0 Å². The Morgan fingerprint density at radius 1 is 1.11 bits per heavy atom. The number of halogens is 1. The minimum Gasteiger partial charge on any atom is -0.481 e. The van der Waals surface area contributed by atoms with E-state index in [0.717, 1.165) is 19.3 Å². The molecule has 4 bridgehead atoms. The summed E-state index contributed by atoms with van der Waals surface area (Å²) in [5.74, 6) is 1.11. The van der Waals surface area contributed by atoms with E-state index < -0.39 is 11.3 Å². The molecule has 3 nitrogen and oxygen atoms in total. The number of carboxylic acids is 1. The van der Waals surface area contributed by atoms with E-state index in [0.29, 0.717) is 17.8 Å². The fourth-order valence-electron chi connectivity index (χ4n) is 4.99. The first-order valence-corrected chi connectivity index (χ1v) is 7.32. The summed E-state index contributed by atoms with van der Waals surface area (Å²) < 4.78 is 0. The molecule has 4 fully saturated rings. The first-order chi connectivity index (χ1) is 8.48. The van der Waals surface area contributed by atoms with Crippen LogP contribution in [0.2, 0.25) is 0 Å². The van der Waals surface area contributed by atoms with Gasteiger partial charge in [-0.3, -0.25) is 9.59 Å². The highest BCUT2D eigenvalue weighted by atomic mass is 35.5. The fraction of sp³-hybridized carbons (Fsp3) is 0.857. The molecule has 1 atom stereocenters. The molecule has 1 unspecified atom stereocenters. The summed E-state index contributed by atoms with van der Waals surface area (Å²) in [6.07, 6.45) is 6.47. The summed E-state index contributed by atoms with van der Waals surface area (Å²) in [5, 5.41) is 7.94. The Bertz CT molecular complexity index is 355. The van der Waals surface area contributed by atoms with Crippen LogP contribution in [0.15, 0.2) is 0 Å². The van der Waals surface area contributed by atoms with Gasteiger partial charge in [0.2, 0.25) is 0 Å². The Hall–Kier alpha value is -0.570. The van der Waals surface area contributed by atoms with Gasteiger partial charge >= 0.3 is 5.97 Å². The van der Waals surface area contributed by atoms with Crippen molar-refractivity contribution < 1.29 is 14.7 Å². The minimum atomic E-state index is -0.979. The Balaban J connectivity index is 1.78. The lowest BCUT2D eigenvalue weighted by Crippen LogP contribution is -2.52. The van der Waals surface area contributed by atoms with E-state index in [4.69, 9.17) is 16.7 Å². The van der Waals surface area contributed by atoms with Gasteiger partial charge in [0, 0.05) is 5.41 Å². The molecule has 18 heavy (non-hydrogen) atoms. The molecular formula is C14H19ClO3. The van der Waals surface area contributed by atoms with Crippen molar-refractivity contribution in [2.75, 3.05) is 0 Å². The summed E-state index contributed by atoms with van der Waals surface area (Å²) in [6, 6.07) is 0. The molecule has 4 aliphatic rings. The van der Waals surface area contributed by atoms with Crippen LogP contribution in [0.3, 0.4) is 0 Å². The number of aliphatic carboxylic acids is 1. The zero-order valence-electron chi connectivity index (χ0n) is 10.4. The van der Waals surface area contributed by atoms with Crippen molar-refractivity contribution in [1.29, 1.82) is 0 Å². The molecule has 100 valence electrons. The monoisotopic (exact) mass is 270 g/mol. The zero-order valence-corrected chi connectivity index (χ0v) is 11.2. The molecule has 0 spiro atoms. The third-order valence-corrected chi connectivity index (χ3v) is 5.55. The number of hydrogen-bond donors (Lipinski definition) is 1. The van der Waals surface area contributed by atoms with Crippen molar-refractivity contribution in [3.63, 3.8) is 0 Å². The molecule has 0 aliphatic heterocycles. The molecule has 4 rings (SSSR count). The third-order valence-electron chi connectivity index (χ3n) is 5.20. The Morgan fingerprint density at radius 2 is 1.56 bits per heavy atom. The Kier molecular flexibility index (Phi) is 2.92. The summed E-state index contributed by atoms with van der Waals surface area (Å²) in [6.45, 7) is 0. The van der Waals surface area contributed by atoms with Crippen LogP contribution >= 0.6 is 11.6 Å². The summed E-state index contributed by atoms with van der Waals surface area (Å²) >= 11 is 6.03. The molecule has 1 N–H and O–H groups in total. The SMILES string of the molecule is O=C(O)CC(Cl)C(=O)C12CC3CC(CC(C3)C1)C2. The number of alkyl halides is 1. The molecule has 0 aromatic carbocycles. The molecule has 0 aromatic heterocycles. The first kappa shape index (κ1) is 12.5. The van der Waals surface area contributed by atoms with E-state index in [-0.39, 0.29) is 17.6 Å². The van der Waals surface area contributed by atoms with Gasteiger partial charge in [-0.2, -0.15) is 0 Å². The lowest BCUT2D eigenvalue weighted by molar-refractivity contribution is -0.146. The maximum atomic E-state index is 12.5. The standard InChI is InChI=1S/C14H19ClO3/c15-11(4-12(16)17)13(18)14-5-8-1-9(6-14)3-10(2-8)7-14/h8-11H,1-7H2,(H,16,17). The quantitative estimate of drug-likeness (QED) is 0.799. The van der Waals surface area contributed by atoms with Gasteiger partial charge in [0.1, 0.15) is 5.38 Å². The van der Waals surface area contributed by atoms with Crippen molar-refractivity contribution in [2.24, 2.45) is 23.2 Å². The van der Waals surface area contributed by atoms with Gasteiger partial charge in [-0.05, 0) is 56.3 Å². The summed E-state index contributed by atoms with van der Waals surface area (Å²) in [4.78, 5) is 23.2. The normalized spacial score (nSPS) is 42.8. The number of rotatable bonds is 4. The highest BCUT2D eigenvalue weighted by Gasteiger charge is 2.55. The first-order valence-electron chi connectivity index (χ1n) is 6.89. The Labute approximate surface area is 112 Å². The Morgan fingerprint density at radius 3 is 1.94 bits per heavy atom. The molecule has 0 radical (unpaired) electrons. The number of ketones is 1. The van der Waals surface area contributed by atoms with Gasteiger partial charge in [0.05, 0.1) is 6.42 Å². The van der Waals surface area contributed by atoms with Crippen LogP contribution in [0, 0.1) is 23.2 Å². The molecule has 4 aliphatic carbocycles. The molecule has 0 saturated heterocycles. The summed E-state index contributed by atoms with van der Waals surface area (Å²) in [5.41, 5.74) is -0.267. The predicted octanol–water partition coefficient (Wildman–Crippen LogP) is 2.85. The minimum absolute atomic E-state index is 0.0191. The third kappa shape index (κ3) is 1.97. The molecule has 0 aromatic rings. The second kappa shape index (κ2) is 4.22. The van der Waals surface area contributed by atoms with Gasteiger partial charge in [-0.1, -0.05) is 0 Å². The largest absolute Gasteiger partial charge is 0.481 e. The number of carbonyl (C=O) groups excluding carboxylic acids is 1. The van der Waals surface area contributed by atoms with Gasteiger partial charge < -0.3 is 5.11 Å². The van der Waals surface area contributed by atoms with Crippen LogP contribution in [0.5, 0.6) is 0 Å². The second-order valence-electron chi connectivity index (χ2n) is 6.63. The zero-order chi connectivity index (χ0) is 12.9. The van der Waals surface area contributed by atoms with Gasteiger partial charge in [-0.15, -0.1) is 11.6 Å². The average molecular weight is 271 g/mol. The number of carbonyl (C=O) groups is 2. The number of hydrogen-bond acceptors (Lipinski definition) is 2. The topological polar surface area (TPSA) is 54.4 Å². The van der Waals surface area contributed by atoms with Crippen LogP contribution in [-0.2, 0) is 9.59 Å². The van der Waals surface area contributed by atoms with Gasteiger partial charge in [0.15, 0.2) is 5.78 Å². The number of Topliss-reactive ketones (excluding diaryl/α,β-unsaturated/α-hetero) is 1. The van der Waals surface area contributed by atoms with Crippen LogP contribution in [-0.4, -0.2) is 22.2 Å². The van der Waals surface area contributed by atoms with E-state index >= 15 is 0 Å². The number of carboxylic acid groups (broad SMARTS) is 1. The average Bonchev–Trinajstić information content (AvgIpc) is 2.25. The van der Waals surface area contributed by atoms with Crippen LogP contribution < -0.4 is 0 Å². The van der Waals surface area contributed by atoms with Gasteiger partial charge in [-0.25, -0.2) is 0 Å². The van der Waals surface area contributed by atoms with Crippen LogP contribution in [0.1, 0.15) is 44.9 Å². The smallest absolute Gasteiger partial charge is 0.305 e. The van der Waals surface area contributed by atoms with E-state index in [1.54, 1.807) is 0 Å². The van der Waals surface area contributed by atoms with Crippen LogP contribution in [0.25, 0.3) is 0 Å². The van der Waals surface area contributed by atoms with Gasteiger partial charge in [0.25, 0.3) is 0 Å². The molecular weight excluding hydrogens is 252 g/mol. The van der Waals surface area contributed by atoms with Crippen molar-refractivity contribution in [3.05, 3.63) is 0 Å². The maximum Gasteiger partial charge on any atom is 0.305 e.